The number of aromatic carboxylic acids is 1. The number of hydrogen-bond donors (Lipinski definition) is 1. The molecule has 7 nitrogen and oxygen atoms in total. The van der Waals surface area contributed by atoms with E-state index in [1.165, 1.54) is 14.2 Å². The summed E-state index contributed by atoms with van der Waals surface area (Å²) in [6.07, 6.45) is 0.455. The Kier molecular flexibility index (Phi) is 5.87. The minimum atomic E-state index is -3.76. The number of esters is 1. The van der Waals surface area contributed by atoms with E-state index in [2.05, 4.69) is 4.74 Å². The van der Waals surface area contributed by atoms with E-state index < -0.39 is 22.0 Å². The maximum Gasteiger partial charge on any atom is 0.345 e. The summed E-state index contributed by atoms with van der Waals surface area (Å²) >= 11 is 0.920. The predicted octanol–water partition coefficient (Wildman–Crippen LogP) is 1.33. The van der Waals surface area contributed by atoms with Crippen LogP contribution < -0.4 is 0 Å². The Hall–Kier alpha value is -1.45. The first kappa shape index (κ1) is 17.6. The molecule has 1 aromatic rings. The monoisotopic (exact) mass is 335 g/mol. The Balaban J connectivity index is 2.85. The Bertz CT molecular complexity index is 634. The highest BCUT2D eigenvalue weighted by molar-refractivity contribution is 7.89. The number of carboxylic acids is 1. The van der Waals surface area contributed by atoms with Gasteiger partial charge >= 0.3 is 11.9 Å². The van der Waals surface area contributed by atoms with Crippen LogP contribution >= 0.6 is 11.3 Å². The van der Waals surface area contributed by atoms with Gasteiger partial charge in [-0.05, 0) is 19.4 Å². The molecule has 0 aliphatic heterocycles. The van der Waals surface area contributed by atoms with E-state index in [4.69, 9.17) is 5.11 Å². The number of carbonyl (C=O) groups is 2. The molecule has 21 heavy (non-hydrogen) atoms. The van der Waals surface area contributed by atoms with E-state index in [0.717, 1.165) is 21.7 Å². The van der Waals surface area contributed by atoms with Gasteiger partial charge in [0.25, 0.3) is 0 Å². The quantitative estimate of drug-likeness (QED) is 0.754. The zero-order valence-corrected chi connectivity index (χ0v) is 13.6. The summed E-state index contributed by atoms with van der Waals surface area (Å²) < 4.78 is 30.3. The van der Waals surface area contributed by atoms with Gasteiger partial charge in [0.05, 0.1) is 12.0 Å². The fourth-order valence-electron chi connectivity index (χ4n) is 1.66. The van der Waals surface area contributed by atoms with E-state index in [9.17, 15) is 18.0 Å². The van der Waals surface area contributed by atoms with E-state index in [1.54, 1.807) is 6.92 Å². The lowest BCUT2D eigenvalue weighted by Gasteiger charge is -2.16. The number of thiophene rings is 1. The van der Waals surface area contributed by atoms with Gasteiger partial charge < -0.3 is 9.84 Å². The van der Waals surface area contributed by atoms with Crippen molar-refractivity contribution in [2.75, 3.05) is 20.7 Å². The smallest absolute Gasteiger partial charge is 0.345 e. The first-order chi connectivity index (χ1) is 9.70. The number of aryl methyl sites for hydroxylation is 1. The number of hydrogen-bond acceptors (Lipinski definition) is 6. The van der Waals surface area contributed by atoms with Gasteiger partial charge in [0.15, 0.2) is 0 Å². The van der Waals surface area contributed by atoms with Crippen LogP contribution in [0.2, 0.25) is 0 Å². The molecule has 0 aromatic carbocycles. The second kappa shape index (κ2) is 7.01. The molecular formula is C12H17NO6S2. The number of carbonyl (C=O) groups excluding carboxylic acids is 1. The first-order valence-electron chi connectivity index (χ1n) is 6.07. The average molecular weight is 335 g/mol. The van der Waals surface area contributed by atoms with Crippen LogP contribution in [0, 0.1) is 6.92 Å². The third-order valence-electron chi connectivity index (χ3n) is 2.85. The van der Waals surface area contributed by atoms with Crippen LogP contribution in [-0.2, 0) is 19.6 Å². The highest BCUT2D eigenvalue weighted by Crippen LogP contribution is 2.27. The molecule has 0 aliphatic rings. The van der Waals surface area contributed by atoms with Gasteiger partial charge in [-0.25, -0.2) is 17.5 Å². The van der Waals surface area contributed by atoms with Gasteiger partial charge in [-0.2, -0.15) is 0 Å². The Morgan fingerprint density at radius 3 is 2.52 bits per heavy atom. The van der Waals surface area contributed by atoms with Crippen molar-refractivity contribution in [3.8, 4) is 0 Å². The lowest BCUT2D eigenvalue weighted by molar-refractivity contribution is -0.140. The fourth-order valence-corrected chi connectivity index (χ4v) is 4.27. The third kappa shape index (κ3) is 4.26. The third-order valence-corrected chi connectivity index (χ3v) is 6.00. The van der Waals surface area contributed by atoms with Gasteiger partial charge in [0.2, 0.25) is 10.0 Å². The number of sulfonamides is 1. The number of rotatable bonds is 7. The predicted molar refractivity (Wildman–Crippen MR) is 77.1 cm³/mol. The van der Waals surface area contributed by atoms with E-state index in [1.807, 2.05) is 0 Å². The van der Waals surface area contributed by atoms with Crippen LogP contribution in [-0.4, -0.2) is 50.5 Å². The van der Waals surface area contributed by atoms with Crippen molar-refractivity contribution in [2.24, 2.45) is 0 Å². The van der Waals surface area contributed by atoms with E-state index in [-0.39, 0.29) is 22.7 Å². The zero-order chi connectivity index (χ0) is 16.2. The lowest BCUT2D eigenvalue weighted by Crippen LogP contribution is -2.28. The minimum Gasteiger partial charge on any atom is -0.477 e. The molecule has 0 fully saturated rings. The van der Waals surface area contributed by atoms with Crippen LogP contribution in [0.3, 0.4) is 0 Å². The normalized spacial score (nSPS) is 11.6. The molecule has 1 heterocycles. The van der Waals surface area contributed by atoms with Crippen molar-refractivity contribution in [3.63, 3.8) is 0 Å². The molecular weight excluding hydrogens is 318 g/mol. The highest BCUT2D eigenvalue weighted by atomic mass is 32.2. The fraction of sp³-hybridized carbons (Fsp3) is 0.500. The second-order valence-electron chi connectivity index (χ2n) is 4.34. The average Bonchev–Trinajstić information content (AvgIpc) is 2.81. The molecule has 118 valence electrons. The number of nitrogens with zero attached hydrogens (tertiary/aromatic N) is 1. The molecule has 9 heteroatoms. The number of methoxy groups -OCH3 is 1. The summed E-state index contributed by atoms with van der Waals surface area (Å²) in [6.45, 7) is 1.71. The first-order valence-corrected chi connectivity index (χ1v) is 8.32. The Labute approximate surface area is 127 Å². The van der Waals surface area contributed by atoms with Crippen LogP contribution in [0.4, 0.5) is 0 Å². The summed E-state index contributed by atoms with van der Waals surface area (Å²) in [5.74, 6) is -1.56. The van der Waals surface area contributed by atoms with Crippen LogP contribution in [0.15, 0.2) is 11.0 Å². The van der Waals surface area contributed by atoms with Crippen molar-refractivity contribution in [1.82, 2.24) is 4.31 Å². The van der Waals surface area contributed by atoms with Gasteiger partial charge in [-0.1, -0.05) is 0 Å². The minimum absolute atomic E-state index is 0.00883. The van der Waals surface area contributed by atoms with Crippen molar-refractivity contribution < 1.29 is 27.9 Å². The van der Waals surface area contributed by atoms with E-state index >= 15 is 0 Å². The molecule has 1 aromatic heterocycles. The van der Waals surface area contributed by atoms with Gasteiger partial charge in [0.1, 0.15) is 4.88 Å². The molecule has 0 unspecified atom stereocenters. The summed E-state index contributed by atoms with van der Waals surface area (Å²) in [4.78, 5) is 22.3. The molecule has 0 spiro atoms. The Morgan fingerprint density at radius 1 is 1.43 bits per heavy atom. The summed E-state index contributed by atoms with van der Waals surface area (Å²) in [5, 5.41) is 8.91. The number of ether oxygens (including phenoxy) is 1. The van der Waals surface area contributed by atoms with Gasteiger partial charge in [-0.15, -0.1) is 11.3 Å². The number of carboxylic acid groups (broad SMARTS) is 1. The largest absolute Gasteiger partial charge is 0.477 e. The van der Waals surface area contributed by atoms with Crippen LogP contribution in [0.1, 0.15) is 27.4 Å². The van der Waals surface area contributed by atoms with Crippen molar-refractivity contribution in [3.05, 3.63) is 15.8 Å². The molecule has 0 amide bonds. The zero-order valence-electron chi connectivity index (χ0n) is 12.0. The van der Waals surface area contributed by atoms with Gasteiger partial charge in [-0.3, -0.25) is 4.79 Å². The molecule has 0 saturated heterocycles. The topological polar surface area (TPSA) is 101 Å². The molecule has 0 radical (unpaired) electrons. The second-order valence-corrected chi connectivity index (χ2v) is 7.61. The molecule has 0 aliphatic carbocycles. The standard InChI is InChI=1S/C12H17NO6S2/c1-8-10(7-9(20-8)12(15)16)21(17,18)13(2)6-4-5-11(14)19-3/h7H,4-6H2,1-3H3,(H,15,16). The van der Waals surface area contributed by atoms with E-state index in [0.29, 0.717) is 11.3 Å². The maximum atomic E-state index is 12.4. The summed E-state index contributed by atoms with van der Waals surface area (Å²) in [5.41, 5.74) is 0. The summed E-state index contributed by atoms with van der Waals surface area (Å²) in [6, 6.07) is 1.16. The van der Waals surface area contributed by atoms with Crippen molar-refractivity contribution >= 4 is 33.3 Å². The molecule has 0 bridgehead atoms. The SMILES string of the molecule is COC(=O)CCCN(C)S(=O)(=O)c1cc(C(=O)O)sc1C. The van der Waals surface area contributed by atoms with Crippen molar-refractivity contribution in [2.45, 2.75) is 24.7 Å². The molecule has 1 N–H and O–H groups in total. The van der Waals surface area contributed by atoms with Crippen LogP contribution in [0.25, 0.3) is 0 Å². The van der Waals surface area contributed by atoms with Crippen LogP contribution in [0.5, 0.6) is 0 Å². The highest BCUT2D eigenvalue weighted by Gasteiger charge is 2.26. The maximum absolute atomic E-state index is 12.4. The van der Waals surface area contributed by atoms with Crippen molar-refractivity contribution in [1.29, 1.82) is 0 Å². The molecule has 1 rings (SSSR count). The van der Waals surface area contributed by atoms with Gasteiger partial charge in [0, 0.05) is 24.9 Å². The summed E-state index contributed by atoms with van der Waals surface area (Å²) in [7, 11) is -1.10. The molecule has 0 saturated carbocycles. The molecule has 0 atom stereocenters. The Morgan fingerprint density at radius 2 is 2.05 bits per heavy atom. The lowest BCUT2D eigenvalue weighted by atomic mass is 10.3.